The molecule has 144 valence electrons. The van der Waals surface area contributed by atoms with E-state index in [0.29, 0.717) is 24.3 Å². The molecule has 1 aliphatic carbocycles. The minimum Gasteiger partial charge on any atom is -0.466 e. The van der Waals surface area contributed by atoms with Crippen molar-refractivity contribution in [2.24, 2.45) is 11.8 Å². The number of fused-ring (bicyclic) bond motifs is 1. The van der Waals surface area contributed by atoms with E-state index >= 15 is 0 Å². The number of hydrogen-bond donors (Lipinski definition) is 1. The van der Waals surface area contributed by atoms with Gasteiger partial charge in [-0.15, -0.1) is 0 Å². The molecule has 1 aliphatic heterocycles. The van der Waals surface area contributed by atoms with Crippen molar-refractivity contribution >= 4 is 15.8 Å². The van der Waals surface area contributed by atoms with Gasteiger partial charge in [0.1, 0.15) is 11.4 Å². The summed E-state index contributed by atoms with van der Waals surface area (Å²) in [5.74, 6) is 0.320. The number of furan rings is 1. The van der Waals surface area contributed by atoms with Gasteiger partial charge in [-0.2, -0.15) is 4.31 Å². The van der Waals surface area contributed by atoms with Gasteiger partial charge in [-0.25, -0.2) is 8.42 Å². The fourth-order valence-corrected chi connectivity index (χ4v) is 6.04. The summed E-state index contributed by atoms with van der Waals surface area (Å²) in [5.41, 5.74) is -0.647. The molecule has 3 unspecified atom stereocenters. The Labute approximate surface area is 158 Å². The predicted octanol–water partition coefficient (Wildman–Crippen LogP) is 2.79. The second-order valence-electron chi connectivity index (χ2n) is 7.56. The van der Waals surface area contributed by atoms with Crippen LogP contribution >= 0.6 is 0 Å². The topological polar surface area (TPSA) is 87.8 Å². The van der Waals surface area contributed by atoms with Gasteiger partial charge in [0.2, 0.25) is 10.0 Å². The second kappa shape index (κ2) is 6.58. The average Bonchev–Trinajstić information content (AvgIpc) is 3.33. The Bertz CT molecular complexity index is 935. The van der Waals surface area contributed by atoms with Gasteiger partial charge in [-0.1, -0.05) is 12.1 Å². The summed E-state index contributed by atoms with van der Waals surface area (Å²) in [6.07, 6.45) is 3.84. The summed E-state index contributed by atoms with van der Waals surface area (Å²) >= 11 is 0. The van der Waals surface area contributed by atoms with E-state index in [9.17, 15) is 18.3 Å². The van der Waals surface area contributed by atoms with Gasteiger partial charge < -0.3 is 9.52 Å². The van der Waals surface area contributed by atoms with Crippen LogP contribution < -0.4 is 0 Å². The minimum absolute atomic E-state index is 0.0973. The maximum absolute atomic E-state index is 13.1. The van der Waals surface area contributed by atoms with Crippen molar-refractivity contribution in [3.8, 4) is 0 Å². The normalized spacial score (nSPS) is 28.8. The molecule has 0 amide bonds. The number of rotatable bonds is 4. The van der Waals surface area contributed by atoms with Crippen LogP contribution in [0.25, 0.3) is 0 Å². The molecular weight excluding hydrogens is 366 g/mol. The summed E-state index contributed by atoms with van der Waals surface area (Å²) in [6, 6.07) is 9.55. The molecular formula is C20H23NO5S. The molecule has 3 atom stereocenters. The maximum Gasteiger partial charge on any atom is 0.243 e. The van der Waals surface area contributed by atoms with Crippen LogP contribution in [-0.2, 0) is 15.6 Å². The van der Waals surface area contributed by atoms with Crippen LogP contribution in [0.3, 0.4) is 0 Å². The third kappa shape index (κ3) is 3.03. The van der Waals surface area contributed by atoms with Crippen LogP contribution in [0.2, 0.25) is 0 Å². The quantitative estimate of drug-likeness (QED) is 0.813. The van der Waals surface area contributed by atoms with E-state index in [1.807, 2.05) is 0 Å². The zero-order valence-corrected chi connectivity index (χ0v) is 16.0. The largest absolute Gasteiger partial charge is 0.466 e. The molecule has 1 saturated carbocycles. The molecule has 7 heteroatoms. The van der Waals surface area contributed by atoms with Gasteiger partial charge in [0.15, 0.2) is 5.78 Å². The first-order valence-corrected chi connectivity index (χ1v) is 10.6. The number of Topliss-reactive ketones (excluding diaryl/α,β-unsaturated/α-hetero) is 1. The van der Waals surface area contributed by atoms with Crippen molar-refractivity contribution in [3.05, 3.63) is 54.0 Å². The molecule has 0 spiro atoms. The molecule has 1 aromatic carbocycles. The van der Waals surface area contributed by atoms with E-state index in [1.54, 1.807) is 12.1 Å². The number of benzene rings is 1. The zero-order valence-electron chi connectivity index (χ0n) is 15.2. The molecule has 2 aromatic rings. The molecule has 2 heterocycles. The van der Waals surface area contributed by atoms with Crippen molar-refractivity contribution in [1.82, 2.24) is 4.31 Å². The fourth-order valence-electron chi connectivity index (χ4n) is 4.52. The molecule has 6 nitrogen and oxygen atoms in total. The highest BCUT2D eigenvalue weighted by Gasteiger charge is 2.53. The fraction of sp³-hybridized carbons (Fsp3) is 0.450. The first-order valence-electron chi connectivity index (χ1n) is 9.20. The number of ketones is 1. The molecule has 0 radical (unpaired) electrons. The molecule has 1 N–H and O–H groups in total. The highest BCUT2D eigenvalue weighted by atomic mass is 32.2. The van der Waals surface area contributed by atoms with E-state index in [1.165, 1.54) is 41.8 Å². The van der Waals surface area contributed by atoms with E-state index in [0.717, 1.165) is 12.8 Å². The van der Waals surface area contributed by atoms with Crippen LogP contribution in [0.15, 0.2) is 52.0 Å². The Morgan fingerprint density at radius 2 is 1.96 bits per heavy atom. The predicted molar refractivity (Wildman–Crippen MR) is 98.6 cm³/mol. The lowest BCUT2D eigenvalue weighted by Gasteiger charge is -2.39. The standard InChI is InChI=1S/C20H23NO5S/c1-14(22)15-6-8-17(9-7-15)27(24,25)21-12-16-4-2-10-20(23,18(16)13-21)19-5-3-11-26-19/h3,5-9,11,16,18,23H,2,4,10,12-13H2,1H3. The highest BCUT2D eigenvalue weighted by Crippen LogP contribution is 2.49. The maximum atomic E-state index is 13.1. The van der Waals surface area contributed by atoms with Crippen LogP contribution in [0.4, 0.5) is 0 Å². The van der Waals surface area contributed by atoms with E-state index in [-0.39, 0.29) is 29.1 Å². The second-order valence-corrected chi connectivity index (χ2v) is 9.50. The Hall–Kier alpha value is -1.96. The third-order valence-electron chi connectivity index (χ3n) is 6.00. The lowest BCUT2D eigenvalue weighted by Crippen LogP contribution is -2.42. The average molecular weight is 389 g/mol. The van der Waals surface area contributed by atoms with Gasteiger partial charge in [0, 0.05) is 24.6 Å². The number of sulfonamides is 1. The SMILES string of the molecule is CC(=O)c1ccc(S(=O)(=O)N2CC3CCCC(O)(c4ccco4)C3C2)cc1. The summed E-state index contributed by atoms with van der Waals surface area (Å²) < 4.78 is 33.1. The lowest BCUT2D eigenvalue weighted by molar-refractivity contribution is -0.0795. The molecule has 0 bridgehead atoms. The highest BCUT2D eigenvalue weighted by molar-refractivity contribution is 7.89. The summed E-state index contributed by atoms with van der Waals surface area (Å²) in [6.45, 7) is 2.10. The van der Waals surface area contributed by atoms with Gasteiger partial charge in [-0.05, 0) is 56.4 Å². The van der Waals surface area contributed by atoms with Crippen molar-refractivity contribution in [3.63, 3.8) is 0 Å². The lowest BCUT2D eigenvalue weighted by atomic mass is 9.69. The third-order valence-corrected chi connectivity index (χ3v) is 7.85. The van der Waals surface area contributed by atoms with Crippen molar-refractivity contribution < 1.29 is 22.7 Å². The van der Waals surface area contributed by atoms with Crippen LogP contribution in [0.1, 0.15) is 42.3 Å². The van der Waals surface area contributed by atoms with Crippen molar-refractivity contribution in [2.45, 2.75) is 36.7 Å². The Morgan fingerprint density at radius 1 is 1.22 bits per heavy atom. The van der Waals surface area contributed by atoms with Gasteiger partial charge >= 0.3 is 0 Å². The molecule has 4 rings (SSSR count). The number of hydrogen-bond acceptors (Lipinski definition) is 5. The molecule has 2 aliphatic rings. The zero-order chi connectivity index (χ0) is 19.2. The van der Waals surface area contributed by atoms with Crippen LogP contribution in [0.5, 0.6) is 0 Å². The molecule has 1 aromatic heterocycles. The smallest absolute Gasteiger partial charge is 0.243 e. The van der Waals surface area contributed by atoms with Crippen molar-refractivity contribution in [1.29, 1.82) is 0 Å². The molecule has 2 fully saturated rings. The molecule has 1 saturated heterocycles. The number of aliphatic hydroxyl groups is 1. The van der Waals surface area contributed by atoms with E-state index in [2.05, 4.69) is 0 Å². The number of carbonyl (C=O) groups excluding carboxylic acids is 1. The van der Waals surface area contributed by atoms with Crippen LogP contribution in [0, 0.1) is 11.8 Å². The van der Waals surface area contributed by atoms with Gasteiger partial charge in [-0.3, -0.25) is 4.79 Å². The Balaban J connectivity index is 1.62. The Morgan fingerprint density at radius 3 is 2.59 bits per heavy atom. The number of carbonyl (C=O) groups is 1. The Kier molecular flexibility index (Phi) is 4.49. The molecule has 27 heavy (non-hydrogen) atoms. The van der Waals surface area contributed by atoms with Crippen LogP contribution in [-0.4, -0.2) is 36.7 Å². The van der Waals surface area contributed by atoms with Crippen molar-refractivity contribution in [2.75, 3.05) is 13.1 Å². The summed E-state index contributed by atoms with van der Waals surface area (Å²) in [7, 11) is -3.68. The monoisotopic (exact) mass is 389 g/mol. The summed E-state index contributed by atoms with van der Waals surface area (Å²) in [4.78, 5) is 11.6. The number of nitrogens with zero attached hydrogens (tertiary/aromatic N) is 1. The first-order chi connectivity index (χ1) is 12.8. The van der Waals surface area contributed by atoms with Gasteiger partial charge in [0.05, 0.1) is 11.2 Å². The summed E-state index contributed by atoms with van der Waals surface area (Å²) in [5, 5.41) is 11.3. The minimum atomic E-state index is -3.68. The van der Waals surface area contributed by atoms with E-state index in [4.69, 9.17) is 4.42 Å². The van der Waals surface area contributed by atoms with Gasteiger partial charge in [0.25, 0.3) is 0 Å². The van der Waals surface area contributed by atoms with E-state index < -0.39 is 15.6 Å². The first kappa shape index (κ1) is 18.4.